The molecule has 0 aliphatic heterocycles. The van der Waals surface area contributed by atoms with Gasteiger partial charge in [-0.3, -0.25) is 9.48 Å². The maximum Gasteiger partial charge on any atom is 0.341 e. The summed E-state index contributed by atoms with van der Waals surface area (Å²) < 4.78 is 6.92. The maximum atomic E-state index is 12.5. The average Bonchev–Trinajstić information content (AvgIpc) is 2.99. The topological polar surface area (TPSA) is 98.1 Å². The number of hydrogen-bond acceptors (Lipinski definition) is 6. The van der Waals surface area contributed by atoms with Gasteiger partial charge in [-0.2, -0.15) is 5.10 Å². The standard InChI is InChI=1S/C23H27N5O3/c1-4-31-23(30)18-13-25-21-19(14(2)27-28(21)3)20(18)24-12-15-7-5-10-17(11-15)26-22(29)16-8-6-9-16/h5,7,10-11,13,16H,4,6,8-9,12H2,1-3H3,(H,24,25)(H,26,29). The molecule has 8 heteroatoms. The van der Waals surface area contributed by atoms with E-state index in [9.17, 15) is 9.59 Å². The van der Waals surface area contributed by atoms with Gasteiger partial charge in [0.15, 0.2) is 5.65 Å². The van der Waals surface area contributed by atoms with E-state index in [-0.39, 0.29) is 18.4 Å². The number of rotatable bonds is 7. The number of fused-ring (bicyclic) bond motifs is 1. The zero-order valence-corrected chi connectivity index (χ0v) is 18.1. The second-order valence-electron chi connectivity index (χ2n) is 7.85. The Morgan fingerprint density at radius 2 is 2.10 bits per heavy atom. The fourth-order valence-corrected chi connectivity index (χ4v) is 3.82. The minimum atomic E-state index is -0.427. The Hall–Kier alpha value is -3.42. The number of esters is 1. The van der Waals surface area contributed by atoms with Crippen LogP contribution in [0.25, 0.3) is 11.0 Å². The SMILES string of the molecule is CCOC(=O)c1cnc2c(c(C)nn2C)c1NCc1cccc(NC(=O)C2CCC2)c1. The van der Waals surface area contributed by atoms with Gasteiger partial charge in [-0.1, -0.05) is 18.6 Å². The fourth-order valence-electron chi connectivity index (χ4n) is 3.82. The molecule has 0 bridgehead atoms. The van der Waals surface area contributed by atoms with Crippen molar-refractivity contribution in [3.05, 3.63) is 47.3 Å². The Bertz CT molecular complexity index is 1130. The molecule has 1 aromatic carbocycles. The van der Waals surface area contributed by atoms with Crippen LogP contribution in [0, 0.1) is 12.8 Å². The van der Waals surface area contributed by atoms with Gasteiger partial charge in [-0.25, -0.2) is 9.78 Å². The number of aryl methyl sites for hydroxylation is 2. The number of nitrogens with zero attached hydrogens (tertiary/aromatic N) is 3. The van der Waals surface area contributed by atoms with Crippen molar-refractivity contribution in [3.63, 3.8) is 0 Å². The van der Waals surface area contributed by atoms with Crippen LogP contribution in [-0.2, 0) is 23.1 Å². The third-order valence-electron chi connectivity index (χ3n) is 5.66. The smallest absolute Gasteiger partial charge is 0.341 e. The summed E-state index contributed by atoms with van der Waals surface area (Å²) in [5.41, 5.74) is 4.25. The average molecular weight is 422 g/mol. The van der Waals surface area contributed by atoms with Gasteiger partial charge in [0.1, 0.15) is 5.56 Å². The number of ether oxygens (including phenoxy) is 1. The summed E-state index contributed by atoms with van der Waals surface area (Å²) >= 11 is 0. The first-order valence-corrected chi connectivity index (χ1v) is 10.6. The van der Waals surface area contributed by atoms with Crippen molar-refractivity contribution in [2.45, 2.75) is 39.7 Å². The number of benzene rings is 1. The molecule has 1 aliphatic carbocycles. The normalized spacial score (nSPS) is 13.6. The maximum absolute atomic E-state index is 12.5. The number of amides is 1. The number of nitrogens with one attached hydrogen (secondary N) is 2. The Labute approximate surface area is 181 Å². The minimum absolute atomic E-state index is 0.0859. The van der Waals surface area contributed by atoms with Crippen LogP contribution in [0.1, 0.15) is 47.8 Å². The number of pyridine rings is 1. The number of carbonyl (C=O) groups excluding carboxylic acids is 2. The lowest BCUT2D eigenvalue weighted by molar-refractivity contribution is -0.122. The Kier molecular flexibility index (Phi) is 5.88. The lowest BCUT2D eigenvalue weighted by Gasteiger charge is -2.24. The molecule has 2 heterocycles. The van der Waals surface area contributed by atoms with Gasteiger partial charge in [-0.15, -0.1) is 0 Å². The van der Waals surface area contributed by atoms with E-state index in [0.717, 1.165) is 41.6 Å². The molecule has 162 valence electrons. The third kappa shape index (κ3) is 4.23. The van der Waals surface area contributed by atoms with Crippen molar-refractivity contribution in [2.24, 2.45) is 13.0 Å². The molecular formula is C23H27N5O3. The number of aromatic nitrogens is 3. The number of hydrogen-bond donors (Lipinski definition) is 2. The van der Waals surface area contributed by atoms with Gasteiger partial charge >= 0.3 is 5.97 Å². The minimum Gasteiger partial charge on any atom is -0.462 e. The van der Waals surface area contributed by atoms with Crippen LogP contribution in [0.2, 0.25) is 0 Å². The van der Waals surface area contributed by atoms with E-state index in [1.54, 1.807) is 11.6 Å². The predicted molar refractivity (Wildman–Crippen MR) is 119 cm³/mol. The Balaban J connectivity index is 1.59. The van der Waals surface area contributed by atoms with Gasteiger partial charge in [0.05, 0.1) is 23.4 Å². The van der Waals surface area contributed by atoms with Gasteiger partial charge in [-0.05, 0) is 44.4 Å². The van der Waals surface area contributed by atoms with Gasteiger partial charge in [0.25, 0.3) is 0 Å². The monoisotopic (exact) mass is 421 g/mol. The molecule has 3 aromatic rings. The molecule has 1 amide bonds. The van der Waals surface area contributed by atoms with Gasteiger partial charge < -0.3 is 15.4 Å². The summed E-state index contributed by atoms with van der Waals surface area (Å²) in [4.78, 5) is 29.2. The van der Waals surface area contributed by atoms with Crippen LogP contribution in [-0.4, -0.2) is 33.2 Å². The lowest BCUT2D eigenvalue weighted by atomic mass is 9.85. The summed E-state index contributed by atoms with van der Waals surface area (Å²) in [7, 11) is 1.82. The van der Waals surface area contributed by atoms with Crippen molar-refractivity contribution in [2.75, 3.05) is 17.2 Å². The van der Waals surface area contributed by atoms with Crippen molar-refractivity contribution in [1.82, 2.24) is 14.8 Å². The Morgan fingerprint density at radius 1 is 1.29 bits per heavy atom. The summed E-state index contributed by atoms with van der Waals surface area (Å²) in [6.45, 7) is 4.41. The van der Waals surface area contributed by atoms with Crippen LogP contribution < -0.4 is 10.6 Å². The van der Waals surface area contributed by atoms with Gasteiger partial charge in [0.2, 0.25) is 5.91 Å². The molecule has 0 saturated heterocycles. The molecule has 1 aliphatic rings. The van der Waals surface area contributed by atoms with Crippen molar-refractivity contribution >= 4 is 34.3 Å². The highest BCUT2D eigenvalue weighted by Gasteiger charge is 2.25. The van der Waals surface area contributed by atoms with E-state index in [2.05, 4.69) is 20.7 Å². The first-order chi connectivity index (χ1) is 15.0. The molecule has 0 atom stereocenters. The van der Waals surface area contributed by atoms with Gasteiger partial charge in [0, 0.05) is 31.4 Å². The highest BCUT2D eigenvalue weighted by molar-refractivity contribution is 6.05. The highest BCUT2D eigenvalue weighted by Crippen LogP contribution is 2.30. The quantitative estimate of drug-likeness (QED) is 0.563. The van der Waals surface area contributed by atoms with E-state index < -0.39 is 5.97 Å². The van der Waals surface area contributed by atoms with Crippen molar-refractivity contribution < 1.29 is 14.3 Å². The first-order valence-electron chi connectivity index (χ1n) is 10.6. The molecule has 1 fully saturated rings. The van der Waals surface area contributed by atoms with E-state index in [1.165, 1.54) is 6.20 Å². The second-order valence-corrected chi connectivity index (χ2v) is 7.85. The predicted octanol–water partition coefficient (Wildman–Crippen LogP) is 3.80. The van der Waals surface area contributed by atoms with Crippen LogP contribution >= 0.6 is 0 Å². The van der Waals surface area contributed by atoms with E-state index in [4.69, 9.17) is 4.74 Å². The molecule has 2 N–H and O–H groups in total. The summed E-state index contributed by atoms with van der Waals surface area (Å²) in [6.07, 6.45) is 4.58. The number of carbonyl (C=O) groups is 2. The molecular weight excluding hydrogens is 394 g/mol. The summed E-state index contributed by atoms with van der Waals surface area (Å²) in [6, 6.07) is 7.73. The third-order valence-corrected chi connectivity index (χ3v) is 5.66. The van der Waals surface area contributed by atoms with E-state index >= 15 is 0 Å². The van der Waals surface area contributed by atoms with Crippen LogP contribution in [0.15, 0.2) is 30.5 Å². The highest BCUT2D eigenvalue weighted by atomic mass is 16.5. The molecule has 8 nitrogen and oxygen atoms in total. The lowest BCUT2D eigenvalue weighted by Crippen LogP contribution is -2.28. The van der Waals surface area contributed by atoms with E-state index in [1.807, 2.05) is 38.2 Å². The molecule has 0 unspecified atom stereocenters. The van der Waals surface area contributed by atoms with Crippen LogP contribution in [0.3, 0.4) is 0 Å². The molecule has 31 heavy (non-hydrogen) atoms. The van der Waals surface area contributed by atoms with Crippen LogP contribution in [0.5, 0.6) is 0 Å². The zero-order valence-electron chi connectivity index (χ0n) is 18.1. The van der Waals surface area contributed by atoms with Crippen molar-refractivity contribution in [3.8, 4) is 0 Å². The second kappa shape index (κ2) is 8.75. The first kappa shape index (κ1) is 20.8. The summed E-state index contributed by atoms with van der Waals surface area (Å²) in [5.74, 6) is -0.209. The largest absolute Gasteiger partial charge is 0.462 e. The molecule has 1 saturated carbocycles. The van der Waals surface area contributed by atoms with Crippen LogP contribution in [0.4, 0.5) is 11.4 Å². The number of anilines is 2. The fraction of sp³-hybridized carbons (Fsp3) is 0.391. The molecule has 0 radical (unpaired) electrons. The molecule has 4 rings (SSSR count). The molecule has 2 aromatic heterocycles. The molecule has 0 spiro atoms. The van der Waals surface area contributed by atoms with Crippen molar-refractivity contribution in [1.29, 1.82) is 0 Å². The summed E-state index contributed by atoms with van der Waals surface area (Å²) in [5, 5.41) is 11.6. The van der Waals surface area contributed by atoms with E-state index in [0.29, 0.717) is 23.4 Å². The Morgan fingerprint density at radius 3 is 2.81 bits per heavy atom. The zero-order chi connectivity index (χ0) is 22.0.